The molecule has 0 amide bonds. The van der Waals surface area contributed by atoms with Crippen LogP contribution in [0.1, 0.15) is 29.9 Å². The molecule has 0 fully saturated rings. The molecule has 2 heteroatoms. The van der Waals surface area contributed by atoms with Gasteiger partial charge < -0.3 is 0 Å². The zero-order chi connectivity index (χ0) is 10.4. The summed E-state index contributed by atoms with van der Waals surface area (Å²) in [5, 5.41) is 17.4. The molecule has 1 unspecified atom stereocenters. The van der Waals surface area contributed by atoms with Gasteiger partial charge in [0.05, 0.1) is 18.1 Å². The lowest BCUT2D eigenvalue weighted by molar-refractivity contribution is 0.763. The van der Waals surface area contributed by atoms with E-state index in [0.717, 1.165) is 11.1 Å². The monoisotopic (exact) mass is 184 g/mol. The average Bonchev–Trinajstić information content (AvgIpc) is 2.21. The van der Waals surface area contributed by atoms with Gasteiger partial charge in [0.2, 0.25) is 0 Å². The molecule has 0 aliphatic rings. The molecule has 0 heterocycles. The zero-order valence-electron chi connectivity index (χ0n) is 8.20. The molecule has 1 aromatic rings. The molecule has 2 nitrogen and oxygen atoms in total. The molecule has 70 valence electrons. The van der Waals surface area contributed by atoms with Gasteiger partial charge in [-0.05, 0) is 24.5 Å². The Morgan fingerprint density at radius 1 is 1.29 bits per heavy atom. The van der Waals surface area contributed by atoms with Crippen molar-refractivity contribution in [2.75, 3.05) is 0 Å². The summed E-state index contributed by atoms with van der Waals surface area (Å²) in [6.45, 7) is 1.99. The first-order chi connectivity index (χ1) is 6.79. The Hall–Kier alpha value is -1.80. The van der Waals surface area contributed by atoms with Crippen LogP contribution in [0, 0.1) is 29.6 Å². The fraction of sp³-hybridized carbons (Fsp3) is 0.333. The molecule has 0 N–H and O–H groups in total. The van der Waals surface area contributed by atoms with E-state index in [4.69, 9.17) is 10.5 Å². The molecule has 0 radical (unpaired) electrons. The summed E-state index contributed by atoms with van der Waals surface area (Å²) in [6, 6.07) is 12.2. The van der Waals surface area contributed by atoms with Gasteiger partial charge >= 0.3 is 0 Å². The van der Waals surface area contributed by atoms with E-state index < -0.39 is 0 Å². The molecule has 0 aliphatic heterocycles. The molecule has 0 saturated heterocycles. The minimum atomic E-state index is -0.143. The molecule has 1 atom stereocenters. The van der Waals surface area contributed by atoms with Crippen molar-refractivity contribution < 1.29 is 0 Å². The maximum atomic E-state index is 8.97. The molecule has 0 spiro atoms. The molecule has 0 aliphatic carbocycles. The molecule has 0 aromatic heterocycles. The van der Waals surface area contributed by atoms with Gasteiger partial charge in [0, 0.05) is 6.42 Å². The Kier molecular flexibility index (Phi) is 3.70. The van der Waals surface area contributed by atoms with Gasteiger partial charge in [-0.25, -0.2) is 0 Å². The van der Waals surface area contributed by atoms with Crippen LogP contribution in [0.25, 0.3) is 0 Å². The van der Waals surface area contributed by atoms with Crippen LogP contribution in [-0.2, 0) is 0 Å². The maximum Gasteiger partial charge on any atom is 0.0725 e. The van der Waals surface area contributed by atoms with Gasteiger partial charge in [0.15, 0.2) is 0 Å². The SMILES string of the molecule is Cc1ccccc1C(C#N)CCC#N. The van der Waals surface area contributed by atoms with E-state index in [9.17, 15) is 0 Å². The second kappa shape index (κ2) is 5.04. The van der Waals surface area contributed by atoms with E-state index in [0.29, 0.717) is 12.8 Å². The summed E-state index contributed by atoms with van der Waals surface area (Å²) in [4.78, 5) is 0. The lowest BCUT2D eigenvalue weighted by Crippen LogP contribution is -1.97. The first-order valence-electron chi connectivity index (χ1n) is 4.61. The van der Waals surface area contributed by atoms with Gasteiger partial charge in [-0.3, -0.25) is 0 Å². The number of nitriles is 2. The maximum absolute atomic E-state index is 8.97. The smallest absolute Gasteiger partial charge is 0.0725 e. The first kappa shape index (κ1) is 10.3. The standard InChI is InChI=1S/C12H12N2/c1-10-5-2-3-7-12(10)11(9-14)6-4-8-13/h2-3,5,7,11H,4,6H2,1H3. The molecule has 1 aromatic carbocycles. The van der Waals surface area contributed by atoms with Crippen molar-refractivity contribution in [2.24, 2.45) is 0 Å². The third-order valence-corrected chi connectivity index (χ3v) is 2.26. The molecular formula is C12H12N2. The quantitative estimate of drug-likeness (QED) is 0.725. The number of rotatable bonds is 3. The molecule has 0 saturated carbocycles. The second-order valence-electron chi connectivity index (χ2n) is 3.24. The first-order valence-corrected chi connectivity index (χ1v) is 4.61. The largest absolute Gasteiger partial charge is 0.198 e. The van der Waals surface area contributed by atoms with E-state index in [1.807, 2.05) is 31.2 Å². The van der Waals surface area contributed by atoms with Crippen LogP contribution < -0.4 is 0 Å². The van der Waals surface area contributed by atoms with Crippen LogP contribution in [0.4, 0.5) is 0 Å². The molecular weight excluding hydrogens is 172 g/mol. The summed E-state index contributed by atoms with van der Waals surface area (Å²) in [5.74, 6) is -0.143. The predicted molar refractivity (Wildman–Crippen MR) is 54.4 cm³/mol. The lowest BCUT2D eigenvalue weighted by Gasteiger charge is -2.09. The zero-order valence-corrected chi connectivity index (χ0v) is 8.20. The number of nitrogens with zero attached hydrogens (tertiary/aromatic N) is 2. The van der Waals surface area contributed by atoms with E-state index >= 15 is 0 Å². The van der Waals surface area contributed by atoms with Gasteiger partial charge in [0.25, 0.3) is 0 Å². The molecule has 0 bridgehead atoms. The highest BCUT2D eigenvalue weighted by molar-refractivity contribution is 5.32. The number of hydrogen-bond acceptors (Lipinski definition) is 2. The highest BCUT2D eigenvalue weighted by Crippen LogP contribution is 2.23. The van der Waals surface area contributed by atoms with Crippen molar-refractivity contribution in [2.45, 2.75) is 25.7 Å². The Morgan fingerprint density at radius 2 is 2.00 bits per heavy atom. The van der Waals surface area contributed by atoms with Crippen LogP contribution in [0.3, 0.4) is 0 Å². The minimum absolute atomic E-state index is 0.143. The third-order valence-electron chi connectivity index (χ3n) is 2.26. The Morgan fingerprint density at radius 3 is 2.57 bits per heavy atom. The van der Waals surface area contributed by atoms with Gasteiger partial charge in [-0.2, -0.15) is 10.5 Å². The fourth-order valence-electron chi connectivity index (χ4n) is 1.48. The highest BCUT2D eigenvalue weighted by Gasteiger charge is 2.11. The van der Waals surface area contributed by atoms with Crippen LogP contribution in [-0.4, -0.2) is 0 Å². The highest BCUT2D eigenvalue weighted by atomic mass is 14.3. The summed E-state index contributed by atoms with van der Waals surface area (Å²) >= 11 is 0. The lowest BCUT2D eigenvalue weighted by atomic mass is 9.92. The fourth-order valence-corrected chi connectivity index (χ4v) is 1.48. The summed E-state index contributed by atoms with van der Waals surface area (Å²) in [5.41, 5.74) is 2.17. The van der Waals surface area contributed by atoms with E-state index in [2.05, 4.69) is 12.1 Å². The van der Waals surface area contributed by atoms with Crippen LogP contribution in [0.2, 0.25) is 0 Å². The van der Waals surface area contributed by atoms with Crippen LogP contribution in [0.15, 0.2) is 24.3 Å². The van der Waals surface area contributed by atoms with Gasteiger partial charge in [-0.1, -0.05) is 24.3 Å². The summed E-state index contributed by atoms with van der Waals surface area (Å²) in [7, 11) is 0. The predicted octanol–water partition coefficient (Wildman–Crippen LogP) is 2.91. The summed E-state index contributed by atoms with van der Waals surface area (Å²) in [6.07, 6.45) is 1.06. The van der Waals surface area contributed by atoms with E-state index in [-0.39, 0.29) is 5.92 Å². The molecule has 14 heavy (non-hydrogen) atoms. The summed E-state index contributed by atoms with van der Waals surface area (Å²) < 4.78 is 0. The number of hydrogen-bond donors (Lipinski definition) is 0. The van der Waals surface area contributed by atoms with Crippen LogP contribution in [0.5, 0.6) is 0 Å². The average molecular weight is 184 g/mol. The van der Waals surface area contributed by atoms with Crippen LogP contribution >= 0.6 is 0 Å². The van der Waals surface area contributed by atoms with Crippen molar-refractivity contribution in [3.8, 4) is 12.1 Å². The van der Waals surface area contributed by atoms with Crippen molar-refractivity contribution in [1.82, 2.24) is 0 Å². The van der Waals surface area contributed by atoms with Crippen molar-refractivity contribution in [3.63, 3.8) is 0 Å². The number of benzene rings is 1. The number of aryl methyl sites for hydroxylation is 1. The Balaban J connectivity index is 2.86. The van der Waals surface area contributed by atoms with Crippen molar-refractivity contribution in [1.29, 1.82) is 10.5 Å². The second-order valence-corrected chi connectivity index (χ2v) is 3.24. The van der Waals surface area contributed by atoms with Gasteiger partial charge in [0.1, 0.15) is 0 Å². The van der Waals surface area contributed by atoms with Crippen molar-refractivity contribution >= 4 is 0 Å². The third kappa shape index (κ3) is 2.34. The van der Waals surface area contributed by atoms with Crippen molar-refractivity contribution in [3.05, 3.63) is 35.4 Å². The Bertz CT molecular complexity index is 382. The van der Waals surface area contributed by atoms with E-state index in [1.54, 1.807) is 0 Å². The minimum Gasteiger partial charge on any atom is -0.198 e. The Labute approximate surface area is 84.4 Å². The normalized spacial score (nSPS) is 11.4. The van der Waals surface area contributed by atoms with Gasteiger partial charge in [-0.15, -0.1) is 0 Å². The molecule has 1 rings (SSSR count). The topological polar surface area (TPSA) is 47.6 Å². The van der Waals surface area contributed by atoms with E-state index in [1.165, 1.54) is 0 Å².